The van der Waals surface area contributed by atoms with Gasteiger partial charge in [-0.05, 0) is 12.1 Å². The van der Waals surface area contributed by atoms with Gasteiger partial charge < -0.3 is 5.11 Å². The van der Waals surface area contributed by atoms with E-state index in [-0.39, 0.29) is 6.02 Å². The molecule has 0 spiro atoms. The molecular formula is C18H15N3OS. The van der Waals surface area contributed by atoms with Crippen LogP contribution in [0.4, 0.5) is 10.8 Å². The van der Waals surface area contributed by atoms with E-state index in [1.165, 1.54) is 5.56 Å². The molecule has 0 bridgehead atoms. The first-order valence-electron chi connectivity index (χ1n) is 7.48. The van der Waals surface area contributed by atoms with Crippen molar-refractivity contribution in [3.63, 3.8) is 0 Å². The zero-order valence-corrected chi connectivity index (χ0v) is 13.2. The van der Waals surface area contributed by atoms with Crippen LogP contribution in [0.3, 0.4) is 0 Å². The van der Waals surface area contributed by atoms with Gasteiger partial charge in [-0.15, -0.1) is 0 Å². The maximum Gasteiger partial charge on any atom is 0.342 e. The number of thiazole rings is 1. The topological polar surface area (TPSA) is 42.5 Å². The quantitative estimate of drug-likeness (QED) is 0.414. The van der Waals surface area contributed by atoms with Crippen molar-refractivity contribution >= 4 is 28.2 Å². The van der Waals surface area contributed by atoms with Gasteiger partial charge in [0, 0.05) is 10.9 Å². The smallest absolute Gasteiger partial charge is 0.342 e. The van der Waals surface area contributed by atoms with E-state index in [2.05, 4.69) is 27.1 Å². The Balaban J connectivity index is 1.67. The van der Waals surface area contributed by atoms with Gasteiger partial charge in [-0.2, -0.15) is 0 Å². The Hall–Kier alpha value is -2.66. The first-order chi connectivity index (χ1) is 11.3. The molecule has 0 saturated carbocycles. The Morgan fingerprint density at radius 3 is 2.48 bits per heavy atom. The molecule has 0 radical (unpaired) electrons. The Labute approximate surface area is 138 Å². The van der Waals surface area contributed by atoms with E-state index in [1.807, 2.05) is 48.5 Å². The average Bonchev–Trinajstić information content (AvgIpc) is 3.18. The summed E-state index contributed by atoms with van der Waals surface area (Å²) < 4.78 is 2.19. The lowest BCUT2D eigenvalue weighted by Crippen LogP contribution is -2.39. The summed E-state index contributed by atoms with van der Waals surface area (Å²) in [6.45, 7) is 1.47. The number of hydrogen-bond acceptors (Lipinski definition) is 3. The molecule has 0 unspecified atom stereocenters. The molecular weight excluding hydrogens is 306 g/mol. The van der Waals surface area contributed by atoms with Crippen LogP contribution in [-0.2, 0) is 6.54 Å². The zero-order valence-electron chi connectivity index (χ0n) is 12.4. The van der Waals surface area contributed by atoms with Crippen LogP contribution in [-0.4, -0.2) is 12.6 Å². The molecule has 3 aromatic rings. The third-order valence-electron chi connectivity index (χ3n) is 3.86. The molecule has 0 fully saturated rings. The molecule has 5 heteroatoms. The van der Waals surface area contributed by atoms with Crippen molar-refractivity contribution in [3.05, 3.63) is 66.0 Å². The number of amidine groups is 1. The summed E-state index contributed by atoms with van der Waals surface area (Å²) >= 11 is 1.59. The molecule has 0 N–H and O–H groups in total. The van der Waals surface area contributed by atoms with Crippen LogP contribution in [0.15, 0.2) is 71.0 Å². The second-order valence-electron chi connectivity index (χ2n) is 5.30. The predicted octanol–water partition coefficient (Wildman–Crippen LogP) is 2.57. The molecule has 0 atom stereocenters. The molecule has 1 aliphatic heterocycles. The van der Waals surface area contributed by atoms with Crippen molar-refractivity contribution in [2.45, 2.75) is 6.54 Å². The van der Waals surface area contributed by atoms with E-state index in [4.69, 9.17) is 0 Å². The zero-order chi connectivity index (χ0) is 15.6. The van der Waals surface area contributed by atoms with Gasteiger partial charge in [0.25, 0.3) is 0 Å². The van der Waals surface area contributed by atoms with Gasteiger partial charge >= 0.3 is 5.13 Å². The van der Waals surface area contributed by atoms with Crippen LogP contribution >= 0.6 is 11.3 Å². The molecule has 1 aromatic heterocycles. The summed E-state index contributed by atoms with van der Waals surface area (Å²) in [6, 6.07) is 19.4. The van der Waals surface area contributed by atoms with Gasteiger partial charge in [-0.3, -0.25) is 0 Å². The number of para-hydroxylation sites is 1. The maximum atomic E-state index is 12.5. The average molecular weight is 321 g/mol. The molecule has 0 saturated heterocycles. The molecule has 0 amide bonds. The highest BCUT2D eigenvalue weighted by Gasteiger charge is 2.33. The minimum Gasteiger partial charge on any atom is -0.827 e. The lowest BCUT2D eigenvalue weighted by Gasteiger charge is -2.14. The predicted molar refractivity (Wildman–Crippen MR) is 90.8 cm³/mol. The summed E-state index contributed by atoms with van der Waals surface area (Å²) in [4.78, 5) is 5.96. The lowest BCUT2D eigenvalue weighted by atomic mass is 10.2. The fourth-order valence-corrected chi connectivity index (χ4v) is 3.84. The summed E-state index contributed by atoms with van der Waals surface area (Å²) in [5.41, 5.74) is 3.01. The van der Waals surface area contributed by atoms with Crippen molar-refractivity contribution < 1.29 is 9.67 Å². The van der Waals surface area contributed by atoms with Gasteiger partial charge in [0.15, 0.2) is 6.02 Å². The standard InChI is InChI=1S/C18H15N3OS/c22-17(19-15-9-5-2-6-10-15)21-12-11-20-16(13-23-18(20)21)14-7-3-1-4-8-14/h1-10,13H,11-12H2. The molecule has 2 heterocycles. The van der Waals surface area contributed by atoms with Crippen molar-refractivity contribution in [1.82, 2.24) is 0 Å². The van der Waals surface area contributed by atoms with Crippen molar-refractivity contribution in [2.75, 3.05) is 11.4 Å². The Morgan fingerprint density at radius 1 is 1.04 bits per heavy atom. The van der Waals surface area contributed by atoms with Crippen molar-refractivity contribution in [3.8, 4) is 11.3 Å². The van der Waals surface area contributed by atoms with Gasteiger partial charge in [-0.25, -0.2) is 14.5 Å². The van der Waals surface area contributed by atoms with E-state index in [1.54, 1.807) is 16.2 Å². The van der Waals surface area contributed by atoms with Crippen LogP contribution in [0.25, 0.3) is 11.3 Å². The monoisotopic (exact) mass is 321 g/mol. The molecule has 114 valence electrons. The minimum atomic E-state index is -0.205. The maximum absolute atomic E-state index is 12.5. The van der Waals surface area contributed by atoms with Gasteiger partial charge in [-0.1, -0.05) is 59.9 Å². The van der Waals surface area contributed by atoms with Crippen LogP contribution < -0.4 is 14.6 Å². The van der Waals surface area contributed by atoms with Crippen LogP contribution in [0.2, 0.25) is 0 Å². The van der Waals surface area contributed by atoms with E-state index < -0.39 is 0 Å². The largest absolute Gasteiger partial charge is 0.827 e. The van der Waals surface area contributed by atoms with Crippen LogP contribution in [0.5, 0.6) is 0 Å². The molecule has 4 rings (SSSR count). The number of fused-ring (bicyclic) bond motifs is 1. The summed E-state index contributed by atoms with van der Waals surface area (Å²) in [5.74, 6) is 0. The SMILES string of the molecule is [O-]C(=Nc1ccccc1)N1CC[n+]2c(-c3ccccc3)csc21. The van der Waals surface area contributed by atoms with Gasteiger partial charge in [0.2, 0.25) is 0 Å². The van der Waals surface area contributed by atoms with Crippen LogP contribution in [0.1, 0.15) is 0 Å². The molecule has 1 aliphatic rings. The third kappa shape index (κ3) is 2.59. The molecule has 4 nitrogen and oxygen atoms in total. The Kier molecular flexibility index (Phi) is 3.55. The van der Waals surface area contributed by atoms with E-state index in [0.717, 1.165) is 17.4 Å². The third-order valence-corrected chi connectivity index (χ3v) is 4.85. The van der Waals surface area contributed by atoms with Gasteiger partial charge in [0.05, 0.1) is 5.69 Å². The lowest BCUT2D eigenvalue weighted by molar-refractivity contribution is -0.656. The van der Waals surface area contributed by atoms with Crippen molar-refractivity contribution in [2.24, 2.45) is 4.99 Å². The number of nitrogens with zero attached hydrogens (tertiary/aromatic N) is 3. The van der Waals surface area contributed by atoms with Crippen molar-refractivity contribution in [1.29, 1.82) is 0 Å². The van der Waals surface area contributed by atoms with Crippen LogP contribution in [0, 0.1) is 0 Å². The van der Waals surface area contributed by atoms with E-state index in [9.17, 15) is 5.11 Å². The number of benzene rings is 2. The second-order valence-corrected chi connectivity index (χ2v) is 6.14. The molecule has 0 aliphatic carbocycles. The van der Waals surface area contributed by atoms with E-state index >= 15 is 0 Å². The first-order valence-corrected chi connectivity index (χ1v) is 8.36. The molecule has 2 aromatic carbocycles. The van der Waals surface area contributed by atoms with Gasteiger partial charge in [0.1, 0.15) is 18.8 Å². The molecule has 23 heavy (non-hydrogen) atoms. The Morgan fingerprint density at radius 2 is 1.74 bits per heavy atom. The summed E-state index contributed by atoms with van der Waals surface area (Å²) in [7, 11) is 0. The highest BCUT2D eigenvalue weighted by molar-refractivity contribution is 7.13. The van der Waals surface area contributed by atoms with E-state index in [0.29, 0.717) is 12.2 Å². The number of aromatic nitrogens is 1. The fourth-order valence-electron chi connectivity index (χ4n) is 2.74. The highest BCUT2D eigenvalue weighted by atomic mass is 32.1. The summed E-state index contributed by atoms with van der Waals surface area (Å²) in [6.07, 6.45) is 0. The minimum absolute atomic E-state index is 0.205. The number of hydrogen-bond donors (Lipinski definition) is 0. The Bertz CT molecular complexity index is 843. The second kappa shape index (κ2) is 5.85. The summed E-state index contributed by atoms with van der Waals surface area (Å²) in [5, 5.41) is 15.5. The first kappa shape index (κ1) is 14.0. The number of anilines is 1. The number of rotatable bonds is 2. The fraction of sp³-hybridized carbons (Fsp3) is 0.111. The highest BCUT2D eigenvalue weighted by Crippen LogP contribution is 2.28. The normalized spacial score (nSPS) is 14.1. The number of aliphatic imine (C=N–C) groups is 1.